The minimum atomic E-state index is -3.92. The zero-order valence-corrected chi connectivity index (χ0v) is 12.7. The summed E-state index contributed by atoms with van der Waals surface area (Å²) in [6, 6.07) is 5.73. The maximum absolute atomic E-state index is 12.8. The second-order valence-electron chi connectivity index (χ2n) is 4.69. The summed E-state index contributed by atoms with van der Waals surface area (Å²) in [5.41, 5.74) is 1.14. The molecule has 1 aromatic heterocycles. The molecule has 0 saturated carbocycles. The van der Waals surface area contributed by atoms with Gasteiger partial charge in [-0.3, -0.25) is 4.31 Å². The van der Waals surface area contributed by atoms with Gasteiger partial charge < -0.3 is 5.11 Å². The second kappa shape index (κ2) is 4.81. The summed E-state index contributed by atoms with van der Waals surface area (Å²) >= 11 is 1.04. The van der Waals surface area contributed by atoms with Crippen LogP contribution in [0.4, 0.5) is 5.69 Å². The maximum Gasteiger partial charge on any atom is 0.327 e. The number of aryl methyl sites for hydroxylation is 1. The van der Waals surface area contributed by atoms with Gasteiger partial charge in [-0.05, 0) is 18.6 Å². The first-order valence-electron chi connectivity index (χ1n) is 6.19. The molecule has 2 aromatic rings. The van der Waals surface area contributed by atoms with Gasteiger partial charge in [-0.15, -0.1) is 11.3 Å². The van der Waals surface area contributed by atoms with Crippen molar-refractivity contribution in [1.82, 2.24) is 4.98 Å². The lowest BCUT2D eigenvalue weighted by molar-refractivity contribution is -0.138. The Labute approximate surface area is 125 Å². The monoisotopic (exact) mass is 324 g/mol. The first-order chi connectivity index (χ1) is 9.91. The Morgan fingerprint density at radius 3 is 2.76 bits per heavy atom. The molecule has 1 aliphatic heterocycles. The van der Waals surface area contributed by atoms with Crippen LogP contribution in [0.1, 0.15) is 10.6 Å². The molecule has 8 heteroatoms. The fourth-order valence-electron chi connectivity index (χ4n) is 2.40. The van der Waals surface area contributed by atoms with Crippen molar-refractivity contribution in [1.29, 1.82) is 0 Å². The predicted octanol–water partition coefficient (Wildman–Crippen LogP) is 1.66. The number of fused-ring (bicyclic) bond motifs is 1. The van der Waals surface area contributed by atoms with E-state index in [0.29, 0.717) is 10.7 Å². The van der Waals surface area contributed by atoms with Crippen molar-refractivity contribution in [3.63, 3.8) is 0 Å². The van der Waals surface area contributed by atoms with Crippen molar-refractivity contribution in [3.05, 3.63) is 41.0 Å². The Kier molecular flexibility index (Phi) is 3.22. The van der Waals surface area contributed by atoms with E-state index in [4.69, 9.17) is 0 Å². The first-order valence-corrected chi connectivity index (χ1v) is 8.44. The van der Waals surface area contributed by atoms with E-state index in [0.717, 1.165) is 21.2 Å². The number of aliphatic carboxylic acids is 1. The number of carboxylic acids is 1. The van der Waals surface area contributed by atoms with E-state index in [2.05, 4.69) is 4.98 Å². The fourth-order valence-corrected chi connectivity index (χ4v) is 5.24. The maximum atomic E-state index is 12.8. The molecule has 110 valence electrons. The Balaban J connectivity index is 2.16. The van der Waals surface area contributed by atoms with Crippen molar-refractivity contribution >= 4 is 33.0 Å². The van der Waals surface area contributed by atoms with Crippen LogP contribution in [0.5, 0.6) is 0 Å². The zero-order valence-electron chi connectivity index (χ0n) is 11.1. The van der Waals surface area contributed by atoms with Crippen molar-refractivity contribution in [2.45, 2.75) is 23.6 Å². The molecule has 1 N–H and O–H groups in total. The van der Waals surface area contributed by atoms with Crippen LogP contribution in [0.15, 0.2) is 34.7 Å². The van der Waals surface area contributed by atoms with Gasteiger partial charge >= 0.3 is 5.97 Å². The highest BCUT2D eigenvalue weighted by atomic mass is 32.2. The number of thiazole rings is 1. The van der Waals surface area contributed by atoms with Crippen LogP contribution in [0, 0.1) is 6.92 Å². The van der Waals surface area contributed by atoms with Gasteiger partial charge in [0.2, 0.25) is 0 Å². The van der Waals surface area contributed by atoms with Crippen LogP contribution in [0.2, 0.25) is 0 Å². The van der Waals surface area contributed by atoms with Gasteiger partial charge in [0.15, 0.2) is 4.21 Å². The summed E-state index contributed by atoms with van der Waals surface area (Å²) in [5.74, 6) is -1.16. The smallest absolute Gasteiger partial charge is 0.327 e. The average molecular weight is 324 g/mol. The molecule has 1 aromatic carbocycles. The van der Waals surface area contributed by atoms with Crippen molar-refractivity contribution in [2.75, 3.05) is 4.31 Å². The molecule has 2 heterocycles. The van der Waals surface area contributed by atoms with Crippen molar-refractivity contribution in [3.8, 4) is 0 Å². The molecule has 3 rings (SSSR count). The number of para-hydroxylation sites is 1. The summed E-state index contributed by atoms with van der Waals surface area (Å²) in [6.45, 7) is 1.70. The number of benzene rings is 1. The third-order valence-corrected chi connectivity index (χ3v) is 6.50. The molecule has 0 amide bonds. The topological polar surface area (TPSA) is 87.6 Å². The number of sulfonamides is 1. The number of hydrogen-bond acceptors (Lipinski definition) is 5. The van der Waals surface area contributed by atoms with E-state index in [-0.39, 0.29) is 10.6 Å². The van der Waals surface area contributed by atoms with Crippen LogP contribution in [0.3, 0.4) is 0 Å². The summed E-state index contributed by atoms with van der Waals surface area (Å²) < 4.78 is 26.6. The summed E-state index contributed by atoms with van der Waals surface area (Å²) in [5, 5.41) is 9.97. The molecule has 0 unspecified atom stereocenters. The molecular weight excluding hydrogens is 312 g/mol. The lowest BCUT2D eigenvalue weighted by atomic mass is 10.1. The number of aromatic nitrogens is 1. The van der Waals surface area contributed by atoms with Gasteiger partial charge in [-0.2, -0.15) is 0 Å². The SMILES string of the molecule is Cc1ncc(S(=O)(=O)N2c3ccccc3C[C@H]2C(=O)O)s1. The van der Waals surface area contributed by atoms with Crippen LogP contribution in [-0.2, 0) is 21.2 Å². The minimum absolute atomic E-state index is 0.0583. The summed E-state index contributed by atoms with van der Waals surface area (Å²) in [4.78, 5) is 15.4. The van der Waals surface area contributed by atoms with Gasteiger partial charge in [-0.25, -0.2) is 18.2 Å². The summed E-state index contributed by atoms with van der Waals surface area (Å²) in [6.07, 6.45) is 1.44. The lowest BCUT2D eigenvalue weighted by Crippen LogP contribution is -2.42. The quantitative estimate of drug-likeness (QED) is 0.927. The largest absolute Gasteiger partial charge is 0.480 e. The summed E-state index contributed by atoms with van der Waals surface area (Å²) in [7, 11) is -3.92. The van der Waals surface area contributed by atoms with Crippen LogP contribution in [-0.4, -0.2) is 30.5 Å². The van der Waals surface area contributed by atoms with Crippen molar-refractivity contribution < 1.29 is 18.3 Å². The fraction of sp³-hybridized carbons (Fsp3) is 0.231. The number of carbonyl (C=O) groups is 1. The highest BCUT2D eigenvalue weighted by molar-refractivity contribution is 7.94. The molecule has 1 atom stereocenters. The van der Waals surface area contributed by atoms with E-state index in [1.165, 1.54) is 6.20 Å². The van der Waals surface area contributed by atoms with E-state index >= 15 is 0 Å². The van der Waals surface area contributed by atoms with Gasteiger partial charge in [0.05, 0.1) is 16.9 Å². The van der Waals surface area contributed by atoms with E-state index in [1.54, 1.807) is 31.2 Å². The Morgan fingerprint density at radius 1 is 1.43 bits per heavy atom. The Bertz CT molecular complexity index is 813. The van der Waals surface area contributed by atoms with Gasteiger partial charge in [0.1, 0.15) is 6.04 Å². The average Bonchev–Trinajstić information content (AvgIpc) is 3.02. The minimum Gasteiger partial charge on any atom is -0.480 e. The predicted molar refractivity (Wildman–Crippen MR) is 78.1 cm³/mol. The van der Waals surface area contributed by atoms with E-state index in [1.807, 2.05) is 0 Å². The van der Waals surface area contributed by atoms with Crippen LogP contribution >= 0.6 is 11.3 Å². The number of hydrogen-bond donors (Lipinski definition) is 1. The molecule has 0 radical (unpaired) electrons. The molecule has 1 aliphatic rings. The zero-order chi connectivity index (χ0) is 15.2. The third kappa shape index (κ3) is 2.20. The second-order valence-corrected chi connectivity index (χ2v) is 7.96. The van der Waals surface area contributed by atoms with Gasteiger partial charge in [0, 0.05) is 6.42 Å². The highest BCUT2D eigenvalue weighted by Crippen LogP contribution is 2.37. The lowest BCUT2D eigenvalue weighted by Gasteiger charge is -2.23. The molecular formula is C13H12N2O4S2. The number of carboxylic acid groups (broad SMARTS) is 1. The third-order valence-electron chi connectivity index (χ3n) is 3.32. The molecule has 21 heavy (non-hydrogen) atoms. The Morgan fingerprint density at radius 2 is 2.14 bits per heavy atom. The molecule has 0 bridgehead atoms. The molecule has 0 aliphatic carbocycles. The number of nitrogens with zero attached hydrogens (tertiary/aromatic N) is 2. The molecule has 0 fully saturated rings. The molecule has 0 saturated heterocycles. The van der Waals surface area contributed by atoms with Gasteiger partial charge in [0.25, 0.3) is 10.0 Å². The Hall–Kier alpha value is -1.93. The number of anilines is 1. The molecule has 6 nitrogen and oxygen atoms in total. The van der Waals surface area contributed by atoms with Crippen molar-refractivity contribution in [2.24, 2.45) is 0 Å². The number of rotatable bonds is 3. The van der Waals surface area contributed by atoms with Gasteiger partial charge in [-0.1, -0.05) is 18.2 Å². The first kappa shape index (κ1) is 14.0. The highest BCUT2D eigenvalue weighted by Gasteiger charge is 2.42. The standard InChI is InChI=1S/C13H12N2O4S2/c1-8-14-7-12(20-8)21(18,19)15-10-5-3-2-4-9(10)6-11(15)13(16)17/h2-5,7,11H,6H2,1H3,(H,16,17)/t11-/m0/s1. The van der Waals surface area contributed by atoms with Crippen LogP contribution < -0.4 is 4.31 Å². The van der Waals surface area contributed by atoms with E-state index in [9.17, 15) is 18.3 Å². The van der Waals surface area contributed by atoms with E-state index < -0.39 is 22.0 Å². The molecule has 0 spiro atoms. The normalized spacial score (nSPS) is 17.8. The van der Waals surface area contributed by atoms with Crippen LogP contribution in [0.25, 0.3) is 0 Å².